The van der Waals surface area contributed by atoms with Gasteiger partial charge in [0.1, 0.15) is 28.5 Å². The number of aromatic hydroxyl groups is 1. The van der Waals surface area contributed by atoms with Crippen LogP contribution >= 0.6 is 0 Å². The minimum atomic E-state index is -2.15. The van der Waals surface area contributed by atoms with Crippen molar-refractivity contribution in [2.24, 2.45) is 29.6 Å². The number of phenolic OH excluding ortho intramolecular Hbond substituents is 1. The number of ether oxygens (including phenoxy) is 3. The number of nitrogens with zero attached hydrogens (tertiary/aromatic N) is 1. The predicted octanol–water partition coefficient (Wildman–Crippen LogP) is 7.97. The second kappa shape index (κ2) is 13.8. The number of carbonyl (C=O) groups is 3. The van der Waals surface area contributed by atoms with E-state index in [1.54, 1.807) is 13.0 Å². The van der Waals surface area contributed by atoms with E-state index in [9.17, 15) is 19.8 Å². The molecule has 2 spiro atoms. The Morgan fingerprint density at radius 1 is 1.03 bits per heavy atom. The smallest absolute Gasteiger partial charge is 0.333 e. The number of rotatable bonds is 9. The van der Waals surface area contributed by atoms with E-state index in [4.69, 9.17) is 14.2 Å². The number of hydrogen-bond acceptors (Lipinski definition) is 10. The van der Waals surface area contributed by atoms with Crippen LogP contribution in [0.1, 0.15) is 114 Å². The molecule has 2 aromatic rings. The Morgan fingerprint density at radius 2 is 1.75 bits per heavy atom. The molecule has 1 saturated heterocycles. The fourth-order valence-electron chi connectivity index (χ4n) is 12.3. The van der Waals surface area contributed by atoms with E-state index in [1.807, 2.05) is 50.3 Å². The van der Waals surface area contributed by atoms with Crippen LogP contribution in [0.15, 0.2) is 70.9 Å². The van der Waals surface area contributed by atoms with Crippen molar-refractivity contribution in [3.63, 3.8) is 0 Å². The largest absolute Gasteiger partial charge is 0.507 e. The Balaban J connectivity index is 1.39. The summed E-state index contributed by atoms with van der Waals surface area (Å²) in [6.45, 7) is 17.1. The standard InChI is InChI=1S/C50H58N2O8/c1-26(2)13-12-20-47(8)21-19-32-41(54)38-43(33(42(32)59-47)17-16-27(3)4)60-49-35(28(5)6)25-34(45(55)48(49,57)22-18-29(7)46(56)58-9)36-37-39(30-14-10-11-15-31(30)40(37)53)52-24-23-51-50(38,52)44(36)49/h10-11,13-16,18-19,21,28,34-36,44,51,54,57H,12,17,20,22-25H2,1-9H3/b29-18-. The normalized spacial score (nSPS) is 32.6. The van der Waals surface area contributed by atoms with Crippen LogP contribution in [-0.2, 0) is 26.4 Å². The van der Waals surface area contributed by atoms with Crippen LogP contribution < -0.4 is 14.8 Å². The van der Waals surface area contributed by atoms with Gasteiger partial charge in [0.25, 0.3) is 0 Å². The van der Waals surface area contributed by atoms with Crippen LogP contribution in [0, 0.1) is 29.6 Å². The molecule has 10 nitrogen and oxygen atoms in total. The molecule has 60 heavy (non-hydrogen) atoms. The number of esters is 1. The van der Waals surface area contributed by atoms with Crippen LogP contribution in [0.5, 0.6) is 17.2 Å². The maximum atomic E-state index is 15.5. The summed E-state index contributed by atoms with van der Waals surface area (Å²) in [4.78, 5) is 45.5. The topological polar surface area (TPSA) is 135 Å². The van der Waals surface area contributed by atoms with Crippen LogP contribution in [0.25, 0.3) is 11.8 Å². The van der Waals surface area contributed by atoms with E-state index < -0.39 is 52.0 Å². The summed E-state index contributed by atoms with van der Waals surface area (Å²) in [5.41, 5.74) is 1.40. The third kappa shape index (κ3) is 5.22. The highest BCUT2D eigenvalue weighted by Gasteiger charge is 2.84. The minimum absolute atomic E-state index is 0.0112. The number of benzene rings is 2. The van der Waals surface area contributed by atoms with Gasteiger partial charge < -0.3 is 29.3 Å². The zero-order valence-electron chi connectivity index (χ0n) is 36.3. The summed E-state index contributed by atoms with van der Waals surface area (Å²) < 4.78 is 19.9. The SMILES string of the molecule is COC(=O)/C(C)=C\CC1(O)C(=O)C2CC(C(C)C)C13Oc1c(CC=C(C)C)c4c(c(O)c1C15NCCN1C1=C(C(=O)c6ccccc61)C2C53)C=CC(C)(CCC=C(C)C)O4. The lowest BCUT2D eigenvalue weighted by Crippen LogP contribution is -2.86. The molecule has 8 unspecified atom stereocenters. The van der Waals surface area contributed by atoms with Gasteiger partial charge in [-0.2, -0.15) is 0 Å². The summed E-state index contributed by atoms with van der Waals surface area (Å²) >= 11 is 0. The molecule has 8 atom stereocenters. The van der Waals surface area contributed by atoms with Crippen molar-refractivity contribution in [1.82, 2.24) is 10.2 Å². The summed E-state index contributed by atoms with van der Waals surface area (Å²) in [6, 6.07) is 7.64. The second-order valence-electron chi connectivity index (χ2n) is 19.2. The second-order valence-corrected chi connectivity index (χ2v) is 19.2. The molecule has 316 valence electrons. The number of aliphatic hydroxyl groups is 1. The van der Waals surface area contributed by atoms with Gasteiger partial charge >= 0.3 is 5.97 Å². The number of allylic oxidation sites excluding steroid dienone is 5. The number of hydrogen-bond donors (Lipinski definition) is 3. The summed E-state index contributed by atoms with van der Waals surface area (Å²) in [7, 11) is 1.31. The lowest BCUT2D eigenvalue weighted by Gasteiger charge is -2.73. The molecule has 10 rings (SSSR count). The number of carbonyl (C=O) groups excluding carboxylic acids is 3. The van der Waals surface area contributed by atoms with Crippen LogP contribution in [-0.4, -0.2) is 69.7 Å². The van der Waals surface area contributed by atoms with E-state index in [1.165, 1.54) is 12.7 Å². The van der Waals surface area contributed by atoms with Crippen molar-refractivity contribution in [3.8, 4) is 17.2 Å². The van der Waals surface area contributed by atoms with Gasteiger partial charge in [-0.1, -0.05) is 67.5 Å². The molecule has 10 heteroatoms. The van der Waals surface area contributed by atoms with Gasteiger partial charge in [-0.05, 0) is 85.3 Å². The fourth-order valence-corrected chi connectivity index (χ4v) is 12.3. The van der Waals surface area contributed by atoms with Crippen molar-refractivity contribution < 1.29 is 38.8 Å². The van der Waals surface area contributed by atoms with Gasteiger partial charge in [-0.3, -0.25) is 14.9 Å². The van der Waals surface area contributed by atoms with Crippen molar-refractivity contribution in [2.45, 2.75) is 110 Å². The number of Topliss-reactive ketones (excluding diaryl/α,β-unsaturated/α-hetero) is 2. The Morgan fingerprint density at radius 3 is 2.43 bits per heavy atom. The van der Waals surface area contributed by atoms with E-state index in [0.29, 0.717) is 66.1 Å². The summed E-state index contributed by atoms with van der Waals surface area (Å²) in [5.74, 6) is -2.73. The number of phenols is 1. The van der Waals surface area contributed by atoms with Crippen molar-refractivity contribution >= 4 is 29.3 Å². The van der Waals surface area contributed by atoms with Crippen molar-refractivity contribution in [3.05, 3.63) is 98.7 Å². The van der Waals surface area contributed by atoms with Gasteiger partial charge in [0, 0.05) is 65.1 Å². The van der Waals surface area contributed by atoms with E-state index in [0.717, 1.165) is 28.8 Å². The first-order valence-corrected chi connectivity index (χ1v) is 21.7. The monoisotopic (exact) mass is 814 g/mol. The van der Waals surface area contributed by atoms with Crippen molar-refractivity contribution in [1.29, 1.82) is 0 Å². The molecule has 3 saturated carbocycles. The van der Waals surface area contributed by atoms with Gasteiger partial charge in [0.2, 0.25) is 0 Å². The highest BCUT2D eigenvalue weighted by molar-refractivity contribution is 6.21. The number of ketones is 2. The maximum absolute atomic E-state index is 15.5. The summed E-state index contributed by atoms with van der Waals surface area (Å²) in [5, 5.41) is 30.7. The maximum Gasteiger partial charge on any atom is 0.333 e. The van der Waals surface area contributed by atoms with Crippen LogP contribution in [0.3, 0.4) is 0 Å². The molecule has 0 radical (unpaired) electrons. The third-order valence-electron chi connectivity index (χ3n) is 14.9. The van der Waals surface area contributed by atoms with Gasteiger partial charge in [0.05, 0.1) is 29.9 Å². The zero-order chi connectivity index (χ0) is 42.8. The fraction of sp³-hybridized carbons (Fsp3) is 0.500. The highest BCUT2D eigenvalue weighted by Crippen LogP contribution is 2.75. The molecule has 0 aromatic heterocycles. The Kier molecular flexibility index (Phi) is 9.31. The lowest BCUT2D eigenvalue weighted by molar-refractivity contribution is -0.286. The van der Waals surface area contributed by atoms with Gasteiger partial charge in [-0.15, -0.1) is 0 Å². The molecular weight excluding hydrogens is 757 g/mol. The molecule has 8 aliphatic rings. The molecule has 2 aromatic carbocycles. The Bertz CT molecular complexity index is 2410. The quantitative estimate of drug-likeness (QED) is 0.130. The lowest BCUT2D eigenvalue weighted by atomic mass is 9.38. The number of methoxy groups -OCH3 is 1. The van der Waals surface area contributed by atoms with E-state index in [-0.39, 0.29) is 35.4 Å². The molecule has 4 fully saturated rings. The average molecular weight is 815 g/mol. The third-order valence-corrected chi connectivity index (χ3v) is 14.9. The van der Waals surface area contributed by atoms with Crippen LogP contribution in [0.4, 0.5) is 0 Å². The first-order valence-electron chi connectivity index (χ1n) is 21.7. The van der Waals surface area contributed by atoms with E-state index >= 15 is 4.79 Å². The average Bonchev–Trinajstić information content (AvgIpc) is 3.77. The first-order chi connectivity index (χ1) is 28.5. The predicted molar refractivity (Wildman–Crippen MR) is 229 cm³/mol. The minimum Gasteiger partial charge on any atom is -0.507 e. The van der Waals surface area contributed by atoms with Crippen molar-refractivity contribution in [2.75, 3.05) is 20.2 Å². The molecule has 0 amide bonds. The van der Waals surface area contributed by atoms with E-state index in [2.05, 4.69) is 57.0 Å². The Hall–Kier alpha value is -4.93. The Labute approximate surface area is 353 Å². The molecular formula is C50H58N2O8. The first kappa shape index (κ1) is 40.5. The molecule has 3 N–H and O–H groups in total. The van der Waals surface area contributed by atoms with Crippen LogP contribution in [0.2, 0.25) is 0 Å². The van der Waals surface area contributed by atoms with Gasteiger partial charge in [-0.25, -0.2) is 4.79 Å². The molecule has 4 aliphatic heterocycles. The molecule has 4 aliphatic carbocycles. The summed E-state index contributed by atoms with van der Waals surface area (Å²) in [6.07, 6.45) is 12.0. The zero-order valence-corrected chi connectivity index (χ0v) is 36.3. The number of fused-ring (bicyclic) bond motifs is 7. The van der Waals surface area contributed by atoms with Gasteiger partial charge in [0.15, 0.2) is 22.8 Å². The highest BCUT2D eigenvalue weighted by atomic mass is 16.5. The molecule has 4 heterocycles. The molecule has 2 bridgehead atoms. The number of nitrogens with one attached hydrogen (secondary N) is 1.